The number of ether oxygens (including phenoxy) is 1. The van der Waals surface area contributed by atoms with Gasteiger partial charge < -0.3 is 15.4 Å². The van der Waals surface area contributed by atoms with Gasteiger partial charge in [-0.25, -0.2) is 4.98 Å². The van der Waals surface area contributed by atoms with Crippen LogP contribution in [0.4, 0.5) is 11.4 Å². The Bertz CT molecular complexity index is 968. The number of nitrogens with zero attached hydrogens (tertiary/aromatic N) is 1. The fraction of sp³-hybridized carbons (Fsp3) is 0.0952. The van der Waals surface area contributed by atoms with Crippen LogP contribution in [-0.2, 0) is 0 Å². The van der Waals surface area contributed by atoms with Gasteiger partial charge in [-0.3, -0.25) is 9.59 Å². The highest BCUT2D eigenvalue weighted by Gasteiger charge is 2.13. The fourth-order valence-electron chi connectivity index (χ4n) is 2.48. The zero-order chi connectivity index (χ0) is 19.2. The van der Waals surface area contributed by atoms with E-state index >= 15 is 0 Å². The summed E-state index contributed by atoms with van der Waals surface area (Å²) in [6, 6.07) is 19.1. The van der Waals surface area contributed by atoms with Crippen molar-refractivity contribution in [1.29, 1.82) is 0 Å². The van der Waals surface area contributed by atoms with Gasteiger partial charge in [-0.05, 0) is 61.0 Å². The standard InChI is InChI=1S/C21H19N3O3/c1-14-5-3-6-16(13-14)23-21(26)19-8-4-7-18(24-19)20(25)22-15-9-11-17(27-2)12-10-15/h3-13H,1-2H3,(H,22,25)(H,23,26). The van der Waals surface area contributed by atoms with Gasteiger partial charge in [0.2, 0.25) is 0 Å². The molecule has 6 nitrogen and oxygen atoms in total. The first kappa shape index (κ1) is 18.1. The molecule has 2 amide bonds. The Kier molecular flexibility index (Phi) is 5.47. The summed E-state index contributed by atoms with van der Waals surface area (Å²) < 4.78 is 5.09. The summed E-state index contributed by atoms with van der Waals surface area (Å²) in [4.78, 5) is 29.0. The van der Waals surface area contributed by atoms with Crippen LogP contribution >= 0.6 is 0 Å². The highest BCUT2D eigenvalue weighted by molar-refractivity contribution is 6.06. The van der Waals surface area contributed by atoms with Gasteiger partial charge in [0.25, 0.3) is 11.8 Å². The minimum absolute atomic E-state index is 0.155. The number of hydrogen-bond donors (Lipinski definition) is 2. The largest absolute Gasteiger partial charge is 0.497 e. The number of carbonyl (C=O) groups is 2. The quantitative estimate of drug-likeness (QED) is 0.722. The van der Waals surface area contributed by atoms with E-state index in [1.54, 1.807) is 55.6 Å². The molecule has 0 saturated heterocycles. The summed E-state index contributed by atoms with van der Waals surface area (Å²) in [7, 11) is 1.57. The van der Waals surface area contributed by atoms with E-state index in [9.17, 15) is 9.59 Å². The molecule has 1 aromatic heterocycles. The Morgan fingerprint density at radius 1 is 0.815 bits per heavy atom. The van der Waals surface area contributed by atoms with E-state index in [1.807, 2.05) is 25.1 Å². The first-order valence-corrected chi connectivity index (χ1v) is 8.35. The number of rotatable bonds is 5. The summed E-state index contributed by atoms with van der Waals surface area (Å²) in [6.45, 7) is 1.94. The molecule has 0 aliphatic heterocycles. The number of hydrogen-bond acceptors (Lipinski definition) is 4. The van der Waals surface area contributed by atoms with Crippen LogP contribution in [0.3, 0.4) is 0 Å². The average Bonchev–Trinajstić information content (AvgIpc) is 2.68. The first-order chi connectivity index (χ1) is 13.0. The van der Waals surface area contributed by atoms with E-state index in [4.69, 9.17) is 4.74 Å². The maximum atomic E-state index is 12.4. The van der Waals surface area contributed by atoms with Gasteiger partial charge in [-0.15, -0.1) is 0 Å². The number of anilines is 2. The lowest BCUT2D eigenvalue weighted by Crippen LogP contribution is -2.18. The third kappa shape index (κ3) is 4.70. The molecule has 136 valence electrons. The molecule has 0 aliphatic carbocycles. The van der Waals surface area contributed by atoms with Gasteiger partial charge in [0.05, 0.1) is 7.11 Å². The van der Waals surface area contributed by atoms with Gasteiger partial charge in [0.15, 0.2) is 0 Å². The second-order valence-corrected chi connectivity index (χ2v) is 5.91. The minimum Gasteiger partial charge on any atom is -0.497 e. The number of aromatic nitrogens is 1. The Balaban J connectivity index is 1.71. The molecular formula is C21H19N3O3. The molecule has 3 aromatic rings. The van der Waals surface area contributed by atoms with Crippen LogP contribution in [0.5, 0.6) is 5.75 Å². The van der Waals surface area contributed by atoms with Crippen LogP contribution in [0.2, 0.25) is 0 Å². The topological polar surface area (TPSA) is 80.3 Å². The molecule has 1 heterocycles. The van der Waals surface area contributed by atoms with Crippen LogP contribution in [0, 0.1) is 6.92 Å². The summed E-state index contributed by atoms with van der Waals surface area (Å²) in [5, 5.41) is 5.52. The molecule has 0 bridgehead atoms. The van der Waals surface area contributed by atoms with Gasteiger partial charge in [-0.2, -0.15) is 0 Å². The highest BCUT2D eigenvalue weighted by Crippen LogP contribution is 2.16. The molecular weight excluding hydrogens is 342 g/mol. The van der Waals surface area contributed by atoms with Gasteiger partial charge in [-0.1, -0.05) is 18.2 Å². The van der Waals surface area contributed by atoms with Gasteiger partial charge in [0.1, 0.15) is 17.1 Å². The predicted molar refractivity (Wildman–Crippen MR) is 104 cm³/mol. The SMILES string of the molecule is COc1ccc(NC(=O)c2cccc(C(=O)Nc3cccc(C)c3)n2)cc1. The number of carbonyl (C=O) groups excluding carboxylic acids is 2. The van der Waals surface area contributed by atoms with Crippen LogP contribution in [-0.4, -0.2) is 23.9 Å². The van der Waals surface area contributed by atoms with Crippen LogP contribution in [0.1, 0.15) is 26.5 Å². The molecule has 3 rings (SSSR count). The smallest absolute Gasteiger partial charge is 0.274 e. The molecule has 0 saturated carbocycles. The molecule has 6 heteroatoms. The average molecular weight is 361 g/mol. The van der Waals surface area contributed by atoms with Crippen molar-refractivity contribution in [3.63, 3.8) is 0 Å². The summed E-state index contributed by atoms with van der Waals surface area (Å²) in [5.41, 5.74) is 2.64. The van der Waals surface area contributed by atoms with Crippen LogP contribution < -0.4 is 15.4 Å². The minimum atomic E-state index is -0.398. The van der Waals surface area contributed by atoms with Crippen molar-refractivity contribution in [2.24, 2.45) is 0 Å². The summed E-state index contributed by atoms with van der Waals surface area (Å²) in [5.74, 6) is -0.0778. The number of nitrogens with one attached hydrogen (secondary N) is 2. The van der Waals surface area contributed by atoms with Crippen molar-refractivity contribution in [1.82, 2.24) is 4.98 Å². The third-order valence-corrected chi connectivity index (χ3v) is 3.84. The number of aryl methyl sites for hydroxylation is 1. The number of methoxy groups -OCH3 is 1. The zero-order valence-corrected chi connectivity index (χ0v) is 15.0. The lowest BCUT2D eigenvalue weighted by molar-refractivity contribution is 0.101. The van der Waals surface area contributed by atoms with Crippen molar-refractivity contribution in [2.45, 2.75) is 6.92 Å². The van der Waals surface area contributed by atoms with Crippen LogP contribution in [0.25, 0.3) is 0 Å². The van der Waals surface area contributed by atoms with Crippen molar-refractivity contribution in [3.8, 4) is 5.75 Å². The molecule has 0 spiro atoms. The predicted octanol–water partition coefficient (Wildman–Crippen LogP) is 3.90. The third-order valence-electron chi connectivity index (χ3n) is 3.84. The Hall–Kier alpha value is -3.67. The molecule has 0 atom stereocenters. The zero-order valence-electron chi connectivity index (χ0n) is 15.0. The van der Waals surface area contributed by atoms with Gasteiger partial charge >= 0.3 is 0 Å². The van der Waals surface area contributed by atoms with E-state index in [0.717, 1.165) is 5.56 Å². The van der Waals surface area contributed by atoms with Crippen molar-refractivity contribution in [3.05, 3.63) is 83.7 Å². The van der Waals surface area contributed by atoms with Gasteiger partial charge in [0, 0.05) is 11.4 Å². The Morgan fingerprint density at radius 2 is 1.41 bits per heavy atom. The molecule has 0 fully saturated rings. The van der Waals surface area contributed by atoms with Crippen LogP contribution in [0.15, 0.2) is 66.7 Å². The highest BCUT2D eigenvalue weighted by atomic mass is 16.5. The van der Waals surface area contributed by atoms with E-state index < -0.39 is 5.91 Å². The molecule has 0 aliphatic rings. The molecule has 0 radical (unpaired) electrons. The maximum Gasteiger partial charge on any atom is 0.274 e. The summed E-state index contributed by atoms with van der Waals surface area (Å²) >= 11 is 0. The maximum absolute atomic E-state index is 12.4. The van der Waals surface area contributed by atoms with Crippen molar-refractivity contribution < 1.29 is 14.3 Å². The Morgan fingerprint density at radius 3 is 2.00 bits per heavy atom. The van der Waals surface area contributed by atoms with E-state index in [1.165, 1.54) is 0 Å². The first-order valence-electron chi connectivity index (χ1n) is 8.35. The molecule has 2 aromatic carbocycles. The second-order valence-electron chi connectivity index (χ2n) is 5.91. The number of amides is 2. The monoisotopic (exact) mass is 361 g/mol. The summed E-state index contributed by atoms with van der Waals surface area (Å²) in [6.07, 6.45) is 0. The fourth-order valence-corrected chi connectivity index (χ4v) is 2.48. The number of benzene rings is 2. The lowest BCUT2D eigenvalue weighted by atomic mass is 10.2. The van der Waals surface area contributed by atoms with E-state index in [2.05, 4.69) is 15.6 Å². The van der Waals surface area contributed by atoms with E-state index in [-0.39, 0.29) is 17.3 Å². The van der Waals surface area contributed by atoms with Crippen molar-refractivity contribution >= 4 is 23.2 Å². The number of pyridine rings is 1. The molecule has 0 unspecified atom stereocenters. The normalized spacial score (nSPS) is 10.1. The molecule has 27 heavy (non-hydrogen) atoms. The Labute approximate surface area is 157 Å². The molecule has 2 N–H and O–H groups in total. The lowest BCUT2D eigenvalue weighted by Gasteiger charge is -2.08. The van der Waals surface area contributed by atoms with E-state index in [0.29, 0.717) is 17.1 Å². The van der Waals surface area contributed by atoms with Crippen molar-refractivity contribution in [2.75, 3.05) is 17.7 Å². The second kappa shape index (κ2) is 8.14.